The molecule has 0 aliphatic heterocycles. The monoisotopic (exact) mass is 272 g/mol. The Morgan fingerprint density at radius 2 is 1.85 bits per heavy atom. The van der Waals surface area contributed by atoms with Crippen molar-refractivity contribution in [3.63, 3.8) is 0 Å². The molecular formula is C19H28O. The van der Waals surface area contributed by atoms with Crippen molar-refractivity contribution in [2.24, 2.45) is 35.0 Å². The molecule has 4 aliphatic rings. The van der Waals surface area contributed by atoms with Crippen LogP contribution in [-0.4, -0.2) is 5.78 Å². The molecule has 0 unspecified atom stereocenters. The van der Waals surface area contributed by atoms with Crippen LogP contribution < -0.4 is 0 Å². The molecule has 4 aliphatic carbocycles. The van der Waals surface area contributed by atoms with Gasteiger partial charge in [-0.3, -0.25) is 4.79 Å². The van der Waals surface area contributed by atoms with Gasteiger partial charge in [0, 0.05) is 12.8 Å². The predicted octanol–water partition coefficient (Wildman–Crippen LogP) is 4.76. The number of carbonyl (C=O) groups excluding carboxylic acids is 1. The third kappa shape index (κ3) is 1.71. The molecular weight excluding hydrogens is 244 g/mol. The fourth-order valence-corrected chi connectivity index (χ4v) is 6.57. The van der Waals surface area contributed by atoms with E-state index in [9.17, 15) is 4.79 Å². The van der Waals surface area contributed by atoms with E-state index >= 15 is 0 Å². The SMILES string of the molecule is C=C1CC[C@H]2[C@@H]3CC[C@@H]4CC(=O)CC[C@@H]4[C@H]3CC[C@]12C. The Bertz CT molecular complexity index is 451. The summed E-state index contributed by atoms with van der Waals surface area (Å²) in [6.45, 7) is 6.89. The molecule has 0 aromatic rings. The van der Waals surface area contributed by atoms with Crippen LogP contribution in [-0.2, 0) is 4.79 Å². The number of hydrogen-bond donors (Lipinski definition) is 0. The van der Waals surface area contributed by atoms with E-state index in [1.54, 1.807) is 5.57 Å². The van der Waals surface area contributed by atoms with Crippen LogP contribution in [0, 0.1) is 35.0 Å². The van der Waals surface area contributed by atoms with Crippen molar-refractivity contribution in [3.8, 4) is 0 Å². The highest BCUT2D eigenvalue weighted by Crippen LogP contribution is 2.63. The Hall–Kier alpha value is -0.590. The molecule has 1 heteroatoms. The summed E-state index contributed by atoms with van der Waals surface area (Å²) in [5, 5.41) is 0. The Balaban J connectivity index is 1.59. The molecule has 0 bridgehead atoms. The minimum absolute atomic E-state index is 0.457. The smallest absolute Gasteiger partial charge is 0.133 e. The van der Waals surface area contributed by atoms with Crippen LogP contribution in [0.5, 0.6) is 0 Å². The van der Waals surface area contributed by atoms with Gasteiger partial charge in [0.1, 0.15) is 5.78 Å². The summed E-state index contributed by atoms with van der Waals surface area (Å²) < 4.78 is 0. The number of Topliss-reactive ketones (excluding diaryl/α,β-unsaturated/α-hetero) is 1. The molecule has 110 valence electrons. The average Bonchev–Trinajstić information content (AvgIpc) is 2.74. The third-order valence-electron chi connectivity index (χ3n) is 7.72. The lowest BCUT2D eigenvalue weighted by Gasteiger charge is -2.54. The van der Waals surface area contributed by atoms with Crippen LogP contribution in [0.4, 0.5) is 0 Å². The van der Waals surface area contributed by atoms with Gasteiger partial charge in [-0.1, -0.05) is 19.1 Å². The Morgan fingerprint density at radius 3 is 2.70 bits per heavy atom. The first-order valence-electron chi connectivity index (χ1n) is 8.79. The molecule has 4 rings (SSSR count). The van der Waals surface area contributed by atoms with E-state index in [2.05, 4.69) is 13.5 Å². The number of fused-ring (bicyclic) bond motifs is 5. The van der Waals surface area contributed by atoms with Crippen LogP contribution >= 0.6 is 0 Å². The second-order valence-electron chi connectivity index (χ2n) is 8.32. The van der Waals surface area contributed by atoms with E-state index in [1.165, 1.54) is 44.9 Å². The van der Waals surface area contributed by atoms with Crippen LogP contribution in [0.25, 0.3) is 0 Å². The summed E-state index contributed by atoms with van der Waals surface area (Å²) in [7, 11) is 0. The fourth-order valence-electron chi connectivity index (χ4n) is 6.57. The van der Waals surface area contributed by atoms with Crippen LogP contribution in [0.2, 0.25) is 0 Å². The molecule has 4 saturated carbocycles. The topological polar surface area (TPSA) is 17.1 Å². The molecule has 6 atom stereocenters. The maximum absolute atomic E-state index is 11.7. The normalized spacial score (nSPS) is 51.4. The van der Waals surface area contributed by atoms with Gasteiger partial charge in [0.15, 0.2) is 0 Å². The van der Waals surface area contributed by atoms with Gasteiger partial charge < -0.3 is 0 Å². The fraction of sp³-hybridized carbons (Fsp3) is 0.842. The van der Waals surface area contributed by atoms with Crippen molar-refractivity contribution in [1.29, 1.82) is 0 Å². The summed E-state index contributed by atoms with van der Waals surface area (Å²) in [6, 6.07) is 0. The van der Waals surface area contributed by atoms with Crippen molar-refractivity contribution in [1.82, 2.24) is 0 Å². The van der Waals surface area contributed by atoms with E-state index in [-0.39, 0.29) is 0 Å². The number of ketones is 1. The number of carbonyl (C=O) groups is 1. The van der Waals surface area contributed by atoms with Gasteiger partial charge in [-0.05, 0) is 80.0 Å². The van der Waals surface area contributed by atoms with Crippen LogP contribution in [0.3, 0.4) is 0 Å². The summed E-state index contributed by atoms with van der Waals surface area (Å²) in [5.41, 5.74) is 2.00. The van der Waals surface area contributed by atoms with Gasteiger partial charge in [0.05, 0.1) is 0 Å². The minimum Gasteiger partial charge on any atom is -0.300 e. The Morgan fingerprint density at radius 1 is 1.00 bits per heavy atom. The first kappa shape index (κ1) is 13.1. The van der Waals surface area contributed by atoms with Crippen molar-refractivity contribution in [2.45, 2.75) is 64.7 Å². The lowest BCUT2D eigenvalue weighted by atomic mass is 9.50. The first-order chi connectivity index (χ1) is 9.59. The summed E-state index contributed by atoms with van der Waals surface area (Å²) in [4.78, 5) is 11.7. The second kappa shape index (κ2) is 4.45. The molecule has 0 amide bonds. The van der Waals surface area contributed by atoms with Crippen LogP contribution in [0.1, 0.15) is 64.7 Å². The van der Waals surface area contributed by atoms with Gasteiger partial charge >= 0.3 is 0 Å². The zero-order chi connectivity index (χ0) is 13.9. The quantitative estimate of drug-likeness (QED) is 0.581. The molecule has 1 nitrogen and oxygen atoms in total. The van der Waals surface area contributed by atoms with Gasteiger partial charge in [-0.25, -0.2) is 0 Å². The van der Waals surface area contributed by atoms with E-state index in [4.69, 9.17) is 0 Å². The maximum atomic E-state index is 11.7. The van der Waals surface area contributed by atoms with Crippen molar-refractivity contribution >= 4 is 5.78 Å². The highest BCUT2D eigenvalue weighted by Gasteiger charge is 2.54. The number of allylic oxidation sites excluding steroid dienone is 1. The number of hydrogen-bond acceptors (Lipinski definition) is 1. The molecule has 0 aromatic carbocycles. The minimum atomic E-state index is 0.457. The van der Waals surface area contributed by atoms with Gasteiger partial charge in [-0.2, -0.15) is 0 Å². The van der Waals surface area contributed by atoms with E-state index in [0.717, 1.165) is 42.4 Å². The van der Waals surface area contributed by atoms with Gasteiger partial charge in [-0.15, -0.1) is 0 Å². The molecule has 0 saturated heterocycles. The zero-order valence-electron chi connectivity index (χ0n) is 12.9. The van der Waals surface area contributed by atoms with E-state index in [1.807, 2.05) is 0 Å². The lowest BCUT2D eigenvalue weighted by Crippen LogP contribution is -2.47. The summed E-state index contributed by atoms with van der Waals surface area (Å²) in [5.74, 6) is 4.96. The highest BCUT2D eigenvalue weighted by atomic mass is 16.1. The molecule has 0 spiro atoms. The maximum Gasteiger partial charge on any atom is 0.133 e. The lowest BCUT2D eigenvalue weighted by molar-refractivity contribution is -0.126. The van der Waals surface area contributed by atoms with Gasteiger partial charge in [0.25, 0.3) is 0 Å². The molecule has 0 aromatic heterocycles. The van der Waals surface area contributed by atoms with E-state index < -0.39 is 0 Å². The molecule has 20 heavy (non-hydrogen) atoms. The van der Waals surface area contributed by atoms with Crippen molar-refractivity contribution in [3.05, 3.63) is 12.2 Å². The molecule has 4 fully saturated rings. The molecule has 0 heterocycles. The summed E-state index contributed by atoms with van der Waals surface area (Å²) in [6.07, 6.45) is 11.2. The van der Waals surface area contributed by atoms with Gasteiger partial charge in [0.2, 0.25) is 0 Å². The largest absolute Gasteiger partial charge is 0.300 e. The predicted molar refractivity (Wildman–Crippen MR) is 81.3 cm³/mol. The van der Waals surface area contributed by atoms with Crippen molar-refractivity contribution < 1.29 is 4.79 Å². The highest BCUT2D eigenvalue weighted by molar-refractivity contribution is 5.79. The zero-order valence-corrected chi connectivity index (χ0v) is 12.9. The van der Waals surface area contributed by atoms with Crippen LogP contribution in [0.15, 0.2) is 12.2 Å². The molecule has 0 N–H and O–H groups in total. The first-order valence-corrected chi connectivity index (χ1v) is 8.79. The molecule has 0 radical (unpaired) electrons. The third-order valence-corrected chi connectivity index (χ3v) is 7.72. The standard InChI is InChI=1S/C19H28O/c1-12-3-8-18-17-6-4-13-11-14(20)5-7-15(13)16(17)9-10-19(12,18)2/h13,15-18H,1,3-11H2,2H3/t13-,15+,16-,17-,18+,19-/m1/s1. The second-order valence-corrected chi connectivity index (χ2v) is 8.32. The summed E-state index contributed by atoms with van der Waals surface area (Å²) >= 11 is 0. The van der Waals surface area contributed by atoms with E-state index in [0.29, 0.717) is 11.2 Å². The Kier molecular flexibility index (Phi) is 2.91. The average molecular weight is 272 g/mol. The van der Waals surface area contributed by atoms with Crippen molar-refractivity contribution in [2.75, 3.05) is 0 Å². The Labute approximate surface area is 123 Å². The number of rotatable bonds is 0.